The Morgan fingerprint density at radius 1 is 1.32 bits per heavy atom. The van der Waals surface area contributed by atoms with Crippen LogP contribution in [0.1, 0.15) is 18.4 Å². The Balaban J connectivity index is 1.37. The van der Waals surface area contributed by atoms with Gasteiger partial charge >= 0.3 is 0 Å². The van der Waals surface area contributed by atoms with Crippen LogP contribution in [-0.2, 0) is 11.2 Å². The summed E-state index contributed by atoms with van der Waals surface area (Å²) in [4.78, 5) is 14.3. The number of thioether (sulfide) groups is 1. The van der Waals surface area contributed by atoms with E-state index in [4.69, 9.17) is 11.5 Å². The van der Waals surface area contributed by atoms with Crippen LogP contribution in [0.3, 0.4) is 0 Å². The molecule has 7 N–H and O–H groups in total. The van der Waals surface area contributed by atoms with Crippen molar-refractivity contribution < 1.29 is 4.79 Å². The van der Waals surface area contributed by atoms with Crippen LogP contribution in [0.5, 0.6) is 0 Å². The van der Waals surface area contributed by atoms with Gasteiger partial charge in [-0.1, -0.05) is 30.3 Å². The number of carbonyl (C=O) groups excluding carboxylic acids is 1. The van der Waals surface area contributed by atoms with E-state index in [-0.39, 0.29) is 11.4 Å². The van der Waals surface area contributed by atoms with Gasteiger partial charge in [-0.3, -0.25) is 10.2 Å². The zero-order valence-corrected chi connectivity index (χ0v) is 16.5. The number of piperidine rings is 1. The molecule has 0 saturated carbocycles. The molecule has 2 aliphatic rings. The summed E-state index contributed by atoms with van der Waals surface area (Å²) in [6, 6.07) is 10.0. The summed E-state index contributed by atoms with van der Waals surface area (Å²) in [5.74, 6) is 0.699. The maximum absolute atomic E-state index is 12.2. The lowest BCUT2D eigenvalue weighted by Crippen LogP contribution is -2.44. The summed E-state index contributed by atoms with van der Waals surface area (Å²) in [5, 5.41) is 11.5. The van der Waals surface area contributed by atoms with Crippen LogP contribution in [0.15, 0.2) is 59.6 Å². The normalized spacial score (nSPS) is 20.7. The highest BCUT2D eigenvalue weighted by atomic mass is 32.2. The summed E-state index contributed by atoms with van der Waals surface area (Å²) >= 11 is 1.48. The molecule has 0 aliphatic carbocycles. The quantitative estimate of drug-likeness (QED) is 0.442. The molecule has 0 spiro atoms. The summed E-state index contributed by atoms with van der Waals surface area (Å²) in [6.07, 6.45) is 7.31. The summed E-state index contributed by atoms with van der Waals surface area (Å²) in [5.41, 5.74) is 15.1. The maximum atomic E-state index is 12.2. The van der Waals surface area contributed by atoms with Crippen LogP contribution < -0.4 is 27.5 Å². The molecule has 1 aromatic carbocycles. The molecule has 1 unspecified atom stereocenters. The Bertz CT molecular complexity index is 742. The molecule has 28 heavy (non-hydrogen) atoms. The fourth-order valence-corrected chi connectivity index (χ4v) is 3.96. The lowest BCUT2D eigenvalue weighted by atomic mass is 10.1. The highest BCUT2D eigenvalue weighted by molar-refractivity contribution is 8.14. The summed E-state index contributed by atoms with van der Waals surface area (Å²) in [6.45, 7) is 1.75. The monoisotopic (exact) mass is 401 g/mol. The van der Waals surface area contributed by atoms with Crippen molar-refractivity contribution in [1.82, 2.24) is 21.0 Å². The minimum atomic E-state index is -0.250. The predicted molar refractivity (Wildman–Crippen MR) is 114 cm³/mol. The molecule has 3 rings (SSSR count). The minimum Gasteiger partial charge on any atom is -0.405 e. The first kappa shape index (κ1) is 19.9. The number of hydrogen-bond acceptors (Lipinski definition) is 8. The van der Waals surface area contributed by atoms with Gasteiger partial charge in [0, 0.05) is 19.1 Å². The van der Waals surface area contributed by atoms with Crippen molar-refractivity contribution in [3.8, 4) is 0 Å². The fraction of sp³-hybridized carbons (Fsp3) is 0.368. The molecule has 1 fully saturated rings. The van der Waals surface area contributed by atoms with Crippen LogP contribution >= 0.6 is 11.8 Å². The van der Waals surface area contributed by atoms with Crippen molar-refractivity contribution in [2.45, 2.75) is 30.8 Å². The SMILES string of the molecule is N/C=C\C=C(/N)N1CCC(NC2=NNC(NC(=O)Cc3ccccc3)S2)CC1. The molecule has 0 bridgehead atoms. The highest BCUT2D eigenvalue weighted by Gasteiger charge is 2.25. The molecule has 0 radical (unpaired) electrons. The molecule has 2 heterocycles. The number of nitrogens with zero attached hydrogens (tertiary/aromatic N) is 2. The topological polar surface area (TPSA) is 121 Å². The molecule has 1 atom stereocenters. The first-order valence-electron chi connectivity index (χ1n) is 9.32. The highest BCUT2D eigenvalue weighted by Crippen LogP contribution is 2.18. The average Bonchev–Trinajstić information content (AvgIpc) is 3.14. The van der Waals surface area contributed by atoms with E-state index in [2.05, 4.69) is 26.1 Å². The van der Waals surface area contributed by atoms with Crippen molar-refractivity contribution in [3.05, 3.63) is 60.1 Å². The number of nitrogens with one attached hydrogen (secondary N) is 3. The Morgan fingerprint density at radius 2 is 2.07 bits per heavy atom. The number of carbonyl (C=O) groups is 1. The van der Waals surface area contributed by atoms with Gasteiger partial charge < -0.3 is 27.0 Å². The molecular weight excluding hydrogens is 374 g/mol. The van der Waals surface area contributed by atoms with Crippen LogP contribution in [0.4, 0.5) is 0 Å². The van der Waals surface area contributed by atoms with Crippen molar-refractivity contribution in [3.63, 3.8) is 0 Å². The second-order valence-electron chi connectivity index (χ2n) is 6.66. The van der Waals surface area contributed by atoms with Gasteiger partial charge in [0.25, 0.3) is 0 Å². The van der Waals surface area contributed by atoms with E-state index >= 15 is 0 Å². The van der Waals surface area contributed by atoms with E-state index in [0.29, 0.717) is 12.5 Å². The van der Waals surface area contributed by atoms with Gasteiger partial charge in [0.05, 0.1) is 12.2 Å². The van der Waals surface area contributed by atoms with Crippen LogP contribution in [0.2, 0.25) is 0 Å². The van der Waals surface area contributed by atoms with E-state index in [1.807, 2.05) is 36.4 Å². The number of nitrogens with two attached hydrogens (primary N) is 2. The van der Waals surface area contributed by atoms with Gasteiger partial charge in [0.15, 0.2) is 10.7 Å². The lowest BCUT2D eigenvalue weighted by molar-refractivity contribution is -0.120. The standard InChI is InChI=1S/C19H27N7OS/c20-10-4-7-16(21)26-11-8-15(9-12-26)22-18-24-25-19(28-18)23-17(27)13-14-5-2-1-3-6-14/h1-7,10,15,19,25H,8-9,11-13,20-21H2,(H,22,24)(H,23,27)/b10-4-,16-7+. The molecule has 1 saturated heterocycles. The Labute approximate surface area is 169 Å². The van der Waals surface area contributed by atoms with Crippen LogP contribution in [0.25, 0.3) is 0 Å². The number of rotatable bonds is 6. The third-order valence-corrected chi connectivity index (χ3v) is 5.47. The molecule has 9 heteroatoms. The Hall–Kier alpha value is -2.81. The van der Waals surface area contributed by atoms with Gasteiger partial charge in [-0.15, -0.1) is 0 Å². The van der Waals surface area contributed by atoms with Gasteiger partial charge in [-0.05, 0) is 48.5 Å². The Kier molecular flexibility index (Phi) is 7.07. The molecule has 150 valence electrons. The second kappa shape index (κ2) is 9.93. The van der Waals surface area contributed by atoms with E-state index in [1.165, 1.54) is 18.0 Å². The zero-order valence-electron chi connectivity index (χ0n) is 15.7. The fourth-order valence-electron chi connectivity index (χ4n) is 3.10. The maximum Gasteiger partial charge on any atom is 0.226 e. The van der Waals surface area contributed by atoms with Crippen LogP contribution in [-0.4, -0.2) is 40.6 Å². The summed E-state index contributed by atoms with van der Waals surface area (Å²) in [7, 11) is 0. The van der Waals surface area contributed by atoms with E-state index < -0.39 is 0 Å². The number of likely N-dealkylation sites (tertiary alicyclic amines) is 1. The molecule has 1 amide bonds. The van der Waals surface area contributed by atoms with Crippen molar-refractivity contribution in [2.24, 2.45) is 16.6 Å². The molecule has 2 aliphatic heterocycles. The number of allylic oxidation sites excluding steroid dienone is 2. The number of benzene rings is 1. The predicted octanol–water partition coefficient (Wildman–Crippen LogP) is 0.563. The number of hydrogen-bond donors (Lipinski definition) is 5. The molecular formula is C19H27N7OS. The first-order valence-corrected chi connectivity index (χ1v) is 10.2. The minimum absolute atomic E-state index is 0.0326. The third-order valence-electron chi connectivity index (χ3n) is 4.58. The average molecular weight is 402 g/mol. The Morgan fingerprint density at radius 3 is 2.79 bits per heavy atom. The number of hydrazone groups is 1. The molecule has 0 aromatic heterocycles. The van der Waals surface area contributed by atoms with Gasteiger partial charge in [0.2, 0.25) is 5.91 Å². The van der Waals surface area contributed by atoms with E-state index in [1.54, 1.807) is 6.08 Å². The second-order valence-corrected chi connectivity index (χ2v) is 7.75. The smallest absolute Gasteiger partial charge is 0.226 e. The van der Waals surface area contributed by atoms with E-state index in [9.17, 15) is 4.79 Å². The van der Waals surface area contributed by atoms with E-state index in [0.717, 1.165) is 42.5 Å². The summed E-state index contributed by atoms with van der Waals surface area (Å²) < 4.78 is 0. The van der Waals surface area contributed by atoms with Crippen LogP contribution in [0, 0.1) is 0 Å². The number of amidine groups is 1. The lowest BCUT2D eigenvalue weighted by Gasteiger charge is -2.34. The zero-order chi connectivity index (χ0) is 19.8. The van der Waals surface area contributed by atoms with Crippen molar-refractivity contribution in [1.29, 1.82) is 0 Å². The molecule has 8 nitrogen and oxygen atoms in total. The van der Waals surface area contributed by atoms with Gasteiger partial charge in [0.1, 0.15) is 0 Å². The van der Waals surface area contributed by atoms with Gasteiger partial charge in [-0.25, -0.2) is 0 Å². The first-order chi connectivity index (χ1) is 13.6. The van der Waals surface area contributed by atoms with Crippen molar-refractivity contribution in [2.75, 3.05) is 13.1 Å². The van der Waals surface area contributed by atoms with Gasteiger partial charge in [-0.2, -0.15) is 5.10 Å². The number of amides is 1. The molecule has 1 aromatic rings. The largest absolute Gasteiger partial charge is 0.405 e. The van der Waals surface area contributed by atoms with Crippen molar-refractivity contribution >= 4 is 22.8 Å². The third kappa shape index (κ3) is 5.85.